The van der Waals surface area contributed by atoms with Gasteiger partial charge in [-0.05, 0) is 62.9 Å². The van der Waals surface area contributed by atoms with Crippen LogP contribution in [0.15, 0.2) is 34.0 Å². The zero-order valence-corrected chi connectivity index (χ0v) is 23.7. The van der Waals surface area contributed by atoms with Crippen LogP contribution in [0.25, 0.3) is 6.08 Å². The largest absolute Gasteiger partial charge is 0.466 e. The van der Waals surface area contributed by atoms with Crippen LogP contribution in [-0.2, 0) is 27.4 Å². The summed E-state index contributed by atoms with van der Waals surface area (Å²) < 4.78 is 20.5. The highest BCUT2D eigenvalue weighted by Crippen LogP contribution is 2.37. The number of carbonyl (C=O) groups excluding carboxylic acids is 2. The van der Waals surface area contributed by atoms with E-state index in [1.54, 1.807) is 32.1 Å². The molecule has 1 amide bonds. The molecule has 0 spiro atoms. The molecule has 1 aromatic carbocycles. The number of halogens is 1. The lowest BCUT2D eigenvalue weighted by Crippen LogP contribution is -2.43. The first kappa shape index (κ1) is 28.5. The lowest BCUT2D eigenvalue weighted by atomic mass is 9.96. The van der Waals surface area contributed by atoms with Gasteiger partial charge in [0.2, 0.25) is 0 Å². The molecule has 1 unspecified atom stereocenters. The van der Waals surface area contributed by atoms with Crippen molar-refractivity contribution in [1.29, 1.82) is 5.26 Å². The highest BCUT2D eigenvalue weighted by Gasteiger charge is 2.34. The Labute approximate surface area is 236 Å². The van der Waals surface area contributed by atoms with Gasteiger partial charge < -0.3 is 9.64 Å². The Bertz CT molecular complexity index is 1450. The van der Waals surface area contributed by atoms with Gasteiger partial charge in [0, 0.05) is 25.2 Å². The zero-order valence-electron chi connectivity index (χ0n) is 22.0. The van der Waals surface area contributed by atoms with Gasteiger partial charge in [0.15, 0.2) is 0 Å². The number of nitrogens with zero attached hydrogens (tertiary/aromatic N) is 4. The second kappa shape index (κ2) is 12.1. The second-order valence-electron chi connectivity index (χ2n) is 9.33. The van der Waals surface area contributed by atoms with Gasteiger partial charge in [0.05, 0.1) is 24.0 Å². The fraction of sp³-hybridized carbons (Fsp3) is 0.393. The molecule has 1 atom stereocenters. The van der Waals surface area contributed by atoms with Gasteiger partial charge >= 0.3 is 5.97 Å². The van der Waals surface area contributed by atoms with Gasteiger partial charge in [-0.3, -0.25) is 23.9 Å². The minimum absolute atomic E-state index is 0.00703. The van der Waals surface area contributed by atoms with E-state index in [1.807, 2.05) is 17.9 Å². The Morgan fingerprint density at radius 3 is 2.64 bits per heavy atom. The summed E-state index contributed by atoms with van der Waals surface area (Å²) in [5.74, 6) is -0.737. The topological polar surface area (TPSA) is 95.6 Å². The normalized spacial score (nSPS) is 18.5. The molecule has 3 heterocycles. The number of piperidine rings is 1. The number of hydrogen-bond acceptors (Lipinski definition) is 8. The minimum atomic E-state index is -0.410. The lowest BCUT2D eigenvalue weighted by Gasteiger charge is -2.36. The molecule has 2 fully saturated rings. The quantitative estimate of drug-likeness (QED) is 0.276. The fourth-order valence-electron chi connectivity index (χ4n) is 4.94. The number of anilines is 1. The van der Waals surface area contributed by atoms with Crippen molar-refractivity contribution in [2.24, 2.45) is 5.92 Å². The molecule has 0 saturated carbocycles. The number of nitriles is 1. The van der Waals surface area contributed by atoms with Crippen molar-refractivity contribution in [2.45, 2.75) is 46.7 Å². The molecule has 11 heteroatoms. The Hall–Kier alpha value is -3.49. The molecule has 0 bridgehead atoms. The van der Waals surface area contributed by atoms with Crippen molar-refractivity contribution in [1.82, 2.24) is 9.47 Å². The Balaban J connectivity index is 1.78. The number of esters is 1. The SMILES string of the molecule is CCOC(=O)C1CCCN(c2c(/C=C3/SC(=S)N(Cc4ccc(F)cc4)C3=O)c(C)c(C#N)c(=O)n2CC)C1. The predicted octanol–water partition coefficient (Wildman–Crippen LogP) is 4.37. The van der Waals surface area contributed by atoms with E-state index < -0.39 is 5.56 Å². The highest BCUT2D eigenvalue weighted by atomic mass is 32.2. The van der Waals surface area contributed by atoms with Gasteiger partial charge in [-0.15, -0.1) is 0 Å². The maximum Gasteiger partial charge on any atom is 0.310 e. The van der Waals surface area contributed by atoms with Crippen LogP contribution in [0.4, 0.5) is 10.2 Å². The molecule has 204 valence electrons. The predicted molar refractivity (Wildman–Crippen MR) is 153 cm³/mol. The van der Waals surface area contributed by atoms with E-state index in [-0.39, 0.29) is 42.3 Å². The number of amides is 1. The maximum atomic E-state index is 13.4. The zero-order chi connectivity index (χ0) is 28.3. The molecule has 4 rings (SSSR count). The van der Waals surface area contributed by atoms with Crippen LogP contribution in [0, 0.1) is 30.0 Å². The van der Waals surface area contributed by atoms with Crippen molar-refractivity contribution in [3.05, 3.63) is 67.6 Å². The van der Waals surface area contributed by atoms with Crippen LogP contribution >= 0.6 is 24.0 Å². The molecular formula is C28H29FN4O4S2. The van der Waals surface area contributed by atoms with Gasteiger partial charge in [0.1, 0.15) is 27.6 Å². The Morgan fingerprint density at radius 2 is 2.00 bits per heavy atom. The smallest absolute Gasteiger partial charge is 0.310 e. The first-order chi connectivity index (χ1) is 18.7. The third kappa shape index (κ3) is 5.77. The average molecular weight is 569 g/mol. The van der Waals surface area contributed by atoms with E-state index in [1.165, 1.54) is 21.6 Å². The minimum Gasteiger partial charge on any atom is -0.466 e. The van der Waals surface area contributed by atoms with Crippen LogP contribution in [0.3, 0.4) is 0 Å². The van der Waals surface area contributed by atoms with Gasteiger partial charge in [0.25, 0.3) is 11.5 Å². The number of benzene rings is 1. The van der Waals surface area contributed by atoms with E-state index in [0.717, 1.165) is 23.7 Å². The first-order valence-corrected chi connectivity index (χ1v) is 14.0. The van der Waals surface area contributed by atoms with Gasteiger partial charge in [-0.1, -0.05) is 36.1 Å². The molecule has 2 aromatic rings. The van der Waals surface area contributed by atoms with E-state index in [2.05, 4.69) is 0 Å². The summed E-state index contributed by atoms with van der Waals surface area (Å²) in [5.41, 5.74) is 1.36. The fourth-order valence-corrected chi connectivity index (χ4v) is 6.18. The van der Waals surface area contributed by atoms with Gasteiger partial charge in [-0.2, -0.15) is 5.26 Å². The summed E-state index contributed by atoms with van der Waals surface area (Å²) in [7, 11) is 0. The van der Waals surface area contributed by atoms with Crippen LogP contribution in [-0.4, -0.2) is 45.4 Å². The van der Waals surface area contributed by atoms with Crippen molar-refractivity contribution in [3.63, 3.8) is 0 Å². The number of thioether (sulfide) groups is 1. The number of aromatic nitrogens is 1. The average Bonchev–Trinajstić information content (AvgIpc) is 3.19. The molecular weight excluding hydrogens is 539 g/mol. The number of carbonyl (C=O) groups is 2. The number of pyridine rings is 1. The Kier molecular flexibility index (Phi) is 8.87. The van der Waals surface area contributed by atoms with Crippen LogP contribution in [0.5, 0.6) is 0 Å². The molecule has 0 N–H and O–H groups in total. The lowest BCUT2D eigenvalue weighted by molar-refractivity contribution is -0.148. The third-order valence-corrected chi connectivity index (χ3v) is 8.28. The molecule has 0 aliphatic carbocycles. The number of thiocarbonyl (C=S) groups is 1. The molecule has 2 saturated heterocycles. The van der Waals surface area contributed by atoms with Crippen molar-refractivity contribution < 1.29 is 18.7 Å². The highest BCUT2D eigenvalue weighted by molar-refractivity contribution is 8.26. The molecule has 8 nitrogen and oxygen atoms in total. The van der Waals surface area contributed by atoms with Crippen molar-refractivity contribution in [3.8, 4) is 6.07 Å². The van der Waals surface area contributed by atoms with Crippen molar-refractivity contribution >= 4 is 52.1 Å². The van der Waals surface area contributed by atoms with Crippen LogP contribution < -0.4 is 10.5 Å². The third-order valence-electron chi connectivity index (χ3n) is 6.91. The summed E-state index contributed by atoms with van der Waals surface area (Å²) in [6.07, 6.45) is 3.09. The maximum absolute atomic E-state index is 13.4. The van der Waals surface area contributed by atoms with Gasteiger partial charge in [-0.25, -0.2) is 4.39 Å². The first-order valence-electron chi connectivity index (χ1n) is 12.8. The van der Waals surface area contributed by atoms with Crippen LogP contribution in [0.2, 0.25) is 0 Å². The Morgan fingerprint density at radius 1 is 1.28 bits per heavy atom. The monoisotopic (exact) mass is 568 g/mol. The van der Waals surface area contributed by atoms with E-state index in [9.17, 15) is 24.0 Å². The number of hydrogen-bond donors (Lipinski definition) is 0. The summed E-state index contributed by atoms with van der Waals surface area (Å²) in [4.78, 5) is 43.1. The van der Waals surface area contributed by atoms with E-state index >= 15 is 0 Å². The van der Waals surface area contributed by atoms with E-state index in [4.69, 9.17) is 17.0 Å². The summed E-state index contributed by atoms with van der Waals surface area (Å²) in [6, 6.07) is 7.90. The molecule has 0 radical (unpaired) electrons. The molecule has 39 heavy (non-hydrogen) atoms. The van der Waals surface area contributed by atoms with E-state index in [0.29, 0.717) is 52.2 Å². The van der Waals surface area contributed by atoms with Crippen molar-refractivity contribution in [2.75, 3.05) is 24.6 Å². The summed E-state index contributed by atoms with van der Waals surface area (Å²) in [5, 5.41) is 9.81. The second-order valence-corrected chi connectivity index (χ2v) is 11.0. The van der Waals surface area contributed by atoms with Crippen LogP contribution in [0.1, 0.15) is 48.9 Å². The molecule has 2 aliphatic heterocycles. The summed E-state index contributed by atoms with van der Waals surface area (Å²) in [6.45, 7) is 7.03. The number of rotatable bonds is 7. The molecule has 1 aromatic heterocycles. The number of ether oxygens (including phenoxy) is 1. The summed E-state index contributed by atoms with van der Waals surface area (Å²) >= 11 is 6.64. The standard InChI is InChI=1S/C28H29FN4O4S2/c1-4-32-24(31-12-6-7-19(16-31)27(36)37-5-2)21(17(3)22(14-30)25(32)34)13-23-26(35)33(28(38)39-23)15-18-8-10-20(29)11-9-18/h8-11,13,19H,4-7,12,15-16H2,1-3H3/b23-13+. The molecule has 2 aliphatic rings.